The van der Waals surface area contributed by atoms with E-state index in [0.29, 0.717) is 24.5 Å². The fourth-order valence-corrected chi connectivity index (χ4v) is 4.98. The molecule has 0 atom stereocenters. The van der Waals surface area contributed by atoms with E-state index in [1.807, 2.05) is 39.0 Å². The molecule has 0 aliphatic carbocycles. The number of nitrogens with one attached hydrogen (secondary N) is 1. The van der Waals surface area contributed by atoms with Crippen LogP contribution in [0.2, 0.25) is 0 Å². The predicted molar refractivity (Wildman–Crippen MR) is 119 cm³/mol. The van der Waals surface area contributed by atoms with Crippen LogP contribution in [-0.4, -0.2) is 39.4 Å². The van der Waals surface area contributed by atoms with Crippen molar-refractivity contribution in [3.8, 4) is 5.75 Å². The zero-order valence-corrected chi connectivity index (χ0v) is 18.9. The summed E-state index contributed by atoms with van der Waals surface area (Å²) in [6.07, 6.45) is 3.02. The van der Waals surface area contributed by atoms with Gasteiger partial charge in [-0.25, -0.2) is 8.42 Å². The highest BCUT2D eigenvalue weighted by molar-refractivity contribution is 7.92. The van der Waals surface area contributed by atoms with Crippen molar-refractivity contribution in [2.24, 2.45) is 0 Å². The van der Waals surface area contributed by atoms with E-state index in [9.17, 15) is 13.2 Å². The Kier molecular flexibility index (Phi) is 6.71. The summed E-state index contributed by atoms with van der Waals surface area (Å²) in [5.74, 6) is 0.348. The molecule has 0 spiro atoms. The summed E-state index contributed by atoms with van der Waals surface area (Å²) >= 11 is 0. The molecule has 6 nitrogen and oxygen atoms in total. The lowest BCUT2D eigenvalue weighted by Gasteiger charge is -2.27. The number of hydrogen-bond donors (Lipinski definition) is 1. The third-order valence-corrected chi connectivity index (χ3v) is 6.87. The molecule has 1 aliphatic heterocycles. The zero-order valence-electron chi connectivity index (χ0n) is 18.1. The predicted octanol–water partition coefficient (Wildman–Crippen LogP) is 4.55. The second-order valence-corrected chi connectivity index (χ2v) is 9.70. The van der Waals surface area contributed by atoms with Crippen LogP contribution in [-0.2, 0) is 10.0 Å². The molecule has 1 fully saturated rings. The minimum absolute atomic E-state index is 0.0432. The Morgan fingerprint density at radius 3 is 2.43 bits per heavy atom. The van der Waals surface area contributed by atoms with E-state index in [2.05, 4.69) is 4.72 Å². The Labute approximate surface area is 179 Å². The molecule has 0 radical (unpaired) electrons. The van der Waals surface area contributed by atoms with E-state index < -0.39 is 10.0 Å². The summed E-state index contributed by atoms with van der Waals surface area (Å²) in [7, 11) is -2.40. The molecule has 3 rings (SSSR count). The van der Waals surface area contributed by atoms with E-state index in [-0.39, 0.29) is 22.3 Å². The maximum atomic E-state index is 13.2. The highest BCUT2D eigenvalue weighted by atomic mass is 32.2. The van der Waals surface area contributed by atoms with Crippen LogP contribution in [0.4, 0.5) is 5.69 Å². The summed E-state index contributed by atoms with van der Waals surface area (Å²) in [4.78, 5) is 14.9. The van der Waals surface area contributed by atoms with Gasteiger partial charge in [0.15, 0.2) is 0 Å². The van der Waals surface area contributed by atoms with Crippen molar-refractivity contribution in [3.63, 3.8) is 0 Å². The van der Waals surface area contributed by atoms with Gasteiger partial charge in [-0.2, -0.15) is 0 Å². The number of sulfonamides is 1. The minimum Gasteiger partial charge on any atom is -0.496 e. The van der Waals surface area contributed by atoms with Crippen molar-refractivity contribution in [2.75, 3.05) is 24.9 Å². The molecule has 0 aromatic heterocycles. The first-order chi connectivity index (χ1) is 14.2. The quantitative estimate of drug-likeness (QED) is 0.729. The first kappa shape index (κ1) is 22.2. The highest BCUT2D eigenvalue weighted by Gasteiger charge is 2.25. The van der Waals surface area contributed by atoms with Gasteiger partial charge in [-0.05, 0) is 61.4 Å². The van der Waals surface area contributed by atoms with Gasteiger partial charge in [-0.15, -0.1) is 0 Å². The average molecular weight is 431 g/mol. The molecule has 0 unspecified atom stereocenters. The van der Waals surface area contributed by atoms with Crippen molar-refractivity contribution in [1.82, 2.24) is 4.90 Å². The highest BCUT2D eigenvalue weighted by Crippen LogP contribution is 2.31. The smallest absolute Gasteiger partial charge is 0.261 e. The molecule has 30 heavy (non-hydrogen) atoms. The van der Waals surface area contributed by atoms with Crippen molar-refractivity contribution >= 4 is 21.6 Å². The maximum Gasteiger partial charge on any atom is 0.261 e. The fraction of sp³-hybridized carbons (Fsp3) is 0.435. The lowest BCUT2D eigenvalue weighted by atomic mass is 9.99. The molecule has 1 N–H and O–H groups in total. The summed E-state index contributed by atoms with van der Waals surface area (Å²) in [5.41, 5.74) is 2.64. The second kappa shape index (κ2) is 9.08. The van der Waals surface area contributed by atoms with Crippen LogP contribution in [0.25, 0.3) is 0 Å². The van der Waals surface area contributed by atoms with Crippen LogP contribution < -0.4 is 9.46 Å². The van der Waals surface area contributed by atoms with Gasteiger partial charge in [0, 0.05) is 13.1 Å². The Morgan fingerprint density at radius 1 is 1.10 bits per heavy atom. The van der Waals surface area contributed by atoms with Crippen molar-refractivity contribution < 1.29 is 17.9 Å². The van der Waals surface area contributed by atoms with Gasteiger partial charge in [0.25, 0.3) is 15.9 Å². The number of likely N-dealkylation sites (tertiary alicyclic amines) is 1. The van der Waals surface area contributed by atoms with Crippen LogP contribution in [0.3, 0.4) is 0 Å². The topological polar surface area (TPSA) is 75.7 Å². The standard InChI is InChI=1S/C23H30N2O4S/c1-16(2)19-10-8-9-17(3)22(19)24-30(27,28)18-11-12-21(29-4)20(15-18)23(26)25-13-6-5-7-14-25/h8-12,15-16,24H,5-7,13-14H2,1-4H3. The number of carbonyl (C=O) groups is 1. The lowest BCUT2D eigenvalue weighted by molar-refractivity contribution is 0.0720. The number of ether oxygens (including phenoxy) is 1. The SMILES string of the molecule is COc1ccc(S(=O)(=O)Nc2c(C)cccc2C(C)C)cc1C(=O)N1CCCCC1. The third-order valence-electron chi connectivity index (χ3n) is 5.52. The molecule has 7 heteroatoms. The average Bonchev–Trinajstić information content (AvgIpc) is 2.74. The molecular formula is C23H30N2O4S. The molecule has 1 amide bonds. The van der Waals surface area contributed by atoms with E-state index >= 15 is 0 Å². The number of para-hydroxylation sites is 1. The lowest BCUT2D eigenvalue weighted by Crippen LogP contribution is -2.35. The number of methoxy groups -OCH3 is 1. The number of carbonyl (C=O) groups excluding carboxylic acids is 1. The van der Waals surface area contributed by atoms with Gasteiger partial charge in [-0.3, -0.25) is 9.52 Å². The summed E-state index contributed by atoms with van der Waals surface area (Å²) in [6.45, 7) is 7.28. The van der Waals surface area contributed by atoms with E-state index in [0.717, 1.165) is 30.4 Å². The number of nitrogens with zero attached hydrogens (tertiary/aromatic N) is 1. The van der Waals surface area contributed by atoms with Crippen LogP contribution >= 0.6 is 0 Å². The molecule has 0 bridgehead atoms. The van der Waals surface area contributed by atoms with E-state index in [4.69, 9.17) is 4.74 Å². The molecular weight excluding hydrogens is 400 g/mol. The Morgan fingerprint density at radius 2 is 1.80 bits per heavy atom. The molecule has 1 saturated heterocycles. The first-order valence-electron chi connectivity index (χ1n) is 10.3. The molecule has 2 aromatic rings. The molecule has 0 saturated carbocycles. The number of benzene rings is 2. The van der Waals surface area contributed by atoms with Crippen molar-refractivity contribution in [3.05, 3.63) is 53.1 Å². The van der Waals surface area contributed by atoms with Gasteiger partial charge in [0.1, 0.15) is 5.75 Å². The molecule has 2 aromatic carbocycles. The van der Waals surface area contributed by atoms with Crippen LogP contribution in [0, 0.1) is 6.92 Å². The molecule has 1 heterocycles. The van der Waals surface area contributed by atoms with Gasteiger partial charge < -0.3 is 9.64 Å². The number of aryl methyl sites for hydroxylation is 1. The van der Waals surface area contributed by atoms with Gasteiger partial charge in [0.2, 0.25) is 0 Å². The first-order valence-corrected chi connectivity index (χ1v) is 11.8. The summed E-state index contributed by atoms with van der Waals surface area (Å²) < 4.78 is 34.5. The maximum absolute atomic E-state index is 13.2. The Balaban J connectivity index is 1.98. The van der Waals surface area contributed by atoms with Gasteiger partial charge in [-0.1, -0.05) is 32.0 Å². The number of rotatable bonds is 6. The Hall–Kier alpha value is -2.54. The third kappa shape index (κ3) is 4.61. The number of piperidine rings is 1. The minimum atomic E-state index is -3.88. The summed E-state index contributed by atoms with van der Waals surface area (Å²) in [6, 6.07) is 10.2. The van der Waals surface area contributed by atoms with Gasteiger partial charge >= 0.3 is 0 Å². The van der Waals surface area contributed by atoms with Crippen LogP contribution in [0.15, 0.2) is 41.3 Å². The van der Waals surface area contributed by atoms with Crippen molar-refractivity contribution in [1.29, 1.82) is 0 Å². The normalized spacial score (nSPS) is 14.6. The fourth-order valence-electron chi connectivity index (χ4n) is 3.79. The van der Waals surface area contributed by atoms with Crippen molar-refractivity contribution in [2.45, 2.75) is 50.8 Å². The summed E-state index contributed by atoms with van der Waals surface area (Å²) in [5, 5.41) is 0. The monoisotopic (exact) mass is 430 g/mol. The largest absolute Gasteiger partial charge is 0.496 e. The van der Waals surface area contributed by atoms with Gasteiger partial charge in [0.05, 0.1) is 23.3 Å². The number of anilines is 1. The molecule has 1 aliphatic rings. The van der Waals surface area contributed by atoms with Crippen LogP contribution in [0.1, 0.15) is 60.5 Å². The van der Waals surface area contributed by atoms with E-state index in [1.165, 1.54) is 19.2 Å². The molecule has 162 valence electrons. The second-order valence-electron chi connectivity index (χ2n) is 8.01. The van der Waals surface area contributed by atoms with Crippen LogP contribution in [0.5, 0.6) is 5.75 Å². The zero-order chi connectivity index (χ0) is 21.9. The van der Waals surface area contributed by atoms with E-state index in [1.54, 1.807) is 11.0 Å². The Bertz CT molecular complexity index is 1030. The number of hydrogen-bond acceptors (Lipinski definition) is 4. The number of amides is 1.